The first-order valence-corrected chi connectivity index (χ1v) is 9.02. The third-order valence-electron chi connectivity index (χ3n) is 5.17. The largest absolute Gasteiger partial charge is 0.468 e. The number of hydrogen-bond acceptors (Lipinski definition) is 4. The number of furan rings is 1. The van der Waals surface area contributed by atoms with E-state index in [0.29, 0.717) is 12.6 Å². The lowest BCUT2D eigenvalue weighted by molar-refractivity contribution is -0.126. The molecule has 1 amide bonds. The molecule has 3 rings (SSSR count). The van der Waals surface area contributed by atoms with Gasteiger partial charge in [-0.05, 0) is 64.4 Å². The molecule has 6 heteroatoms. The normalized spacial score (nSPS) is 26.4. The van der Waals surface area contributed by atoms with Crippen LogP contribution < -0.4 is 10.6 Å². The summed E-state index contributed by atoms with van der Waals surface area (Å²) in [5.74, 6) is 1.31. The van der Waals surface area contributed by atoms with Gasteiger partial charge in [-0.25, -0.2) is 0 Å². The zero-order valence-corrected chi connectivity index (χ0v) is 15.3. The lowest BCUT2D eigenvalue weighted by Crippen LogP contribution is -2.45. The van der Waals surface area contributed by atoms with Gasteiger partial charge in [-0.3, -0.25) is 9.69 Å². The molecule has 0 aliphatic carbocycles. The van der Waals surface area contributed by atoms with Crippen LogP contribution >= 0.6 is 12.4 Å². The quantitative estimate of drug-likeness (QED) is 0.852. The Bertz CT molecular complexity index is 488. The van der Waals surface area contributed by atoms with Gasteiger partial charge in [0.1, 0.15) is 5.76 Å². The Morgan fingerprint density at radius 2 is 2.21 bits per heavy atom. The highest BCUT2D eigenvalue weighted by atomic mass is 35.5. The zero-order chi connectivity index (χ0) is 16.1. The van der Waals surface area contributed by atoms with Crippen molar-refractivity contribution in [2.45, 2.75) is 51.1 Å². The molecule has 3 heterocycles. The molecular formula is C18H30ClN3O2. The summed E-state index contributed by atoms with van der Waals surface area (Å²) in [6, 6.07) is 4.55. The maximum Gasteiger partial charge on any atom is 0.223 e. The summed E-state index contributed by atoms with van der Waals surface area (Å²) >= 11 is 0. The van der Waals surface area contributed by atoms with E-state index in [1.807, 2.05) is 12.1 Å². The van der Waals surface area contributed by atoms with E-state index in [9.17, 15) is 4.79 Å². The Morgan fingerprint density at radius 1 is 1.42 bits per heavy atom. The van der Waals surface area contributed by atoms with Crippen molar-refractivity contribution < 1.29 is 9.21 Å². The average molecular weight is 356 g/mol. The van der Waals surface area contributed by atoms with Crippen LogP contribution in [0.5, 0.6) is 0 Å². The topological polar surface area (TPSA) is 57.5 Å². The molecule has 0 aromatic carbocycles. The second-order valence-corrected chi connectivity index (χ2v) is 6.95. The van der Waals surface area contributed by atoms with Crippen molar-refractivity contribution in [3.8, 4) is 0 Å². The molecular weight excluding hydrogens is 326 g/mol. The monoisotopic (exact) mass is 355 g/mol. The van der Waals surface area contributed by atoms with Gasteiger partial charge in [-0.15, -0.1) is 12.4 Å². The molecule has 2 fully saturated rings. The lowest BCUT2D eigenvalue weighted by Gasteiger charge is -2.34. The van der Waals surface area contributed by atoms with E-state index in [1.165, 1.54) is 19.3 Å². The van der Waals surface area contributed by atoms with Crippen molar-refractivity contribution in [3.63, 3.8) is 0 Å². The van der Waals surface area contributed by atoms with Crippen LogP contribution in [0.1, 0.15) is 50.8 Å². The van der Waals surface area contributed by atoms with Gasteiger partial charge in [0, 0.05) is 18.5 Å². The van der Waals surface area contributed by atoms with Gasteiger partial charge in [0.2, 0.25) is 5.91 Å². The van der Waals surface area contributed by atoms with E-state index in [-0.39, 0.29) is 30.3 Å². The van der Waals surface area contributed by atoms with E-state index in [1.54, 1.807) is 6.26 Å². The number of carbonyl (C=O) groups is 1. The minimum Gasteiger partial charge on any atom is -0.468 e. The van der Waals surface area contributed by atoms with E-state index in [0.717, 1.165) is 38.2 Å². The minimum atomic E-state index is 0. The van der Waals surface area contributed by atoms with Gasteiger partial charge in [0.15, 0.2) is 0 Å². The summed E-state index contributed by atoms with van der Waals surface area (Å²) in [6.45, 7) is 5.91. The van der Waals surface area contributed by atoms with Crippen molar-refractivity contribution in [2.24, 2.45) is 5.92 Å². The first-order valence-electron chi connectivity index (χ1n) is 9.02. The summed E-state index contributed by atoms with van der Waals surface area (Å²) in [4.78, 5) is 15.0. The summed E-state index contributed by atoms with van der Waals surface area (Å²) in [5, 5.41) is 6.59. The molecule has 0 bridgehead atoms. The van der Waals surface area contributed by atoms with Crippen LogP contribution in [0.4, 0.5) is 0 Å². The fourth-order valence-electron chi connectivity index (χ4n) is 3.83. The van der Waals surface area contributed by atoms with Gasteiger partial charge < -0.3 is 15.1 Å². The number of hydrogen-bond donors (Lipinski definition) is 2. The molecule has 2 N–H and O–H groups in total. The Hall–Kier alpha value is -1.04. The van der Waals surface area contributed by atoms with Gasteiger partial charge in [0.05, 0.1) is 12.3 Å². The van der Waals surface area contributed by atoms with E-state index >= 15 is 0 Å². The van der Waals surface area contributed by atoms with E-state index in [2.05, 4.69) is 22.5 Å². The number of likely N-dealkylation sites (tertiary alicyclic amines) is 1. The van der Waals surface area contributed by atoms with Gasteiger partial charge >= 0.3 is 0 Å². The molecule has 24 heavy (non-hydrogen) atoms. The highest BCUT2D eigenvalue weighted by molar-refractivity contribution is 5.85. The second-order valence-electron chi connectivity index (χ2n) is 6.95. The Balaban J connectivity index is 0.00000208. The van der Waals surface area contributed by atoms with Crippen LogP contribution in [-0.2, 0) is 4.79 Å². The fraction of sp³-hybridized carbons (Fsp3) is 0.722. The van der Waals surface area contributed by atoms with E-state index < -0.39 is 0 Å². The molecule has 2 aliphatic rings. The summed E-state index contributed by atoms with van der Waals surface area (Å²) < 4.78 is 5.64. The predicted molar refractivity (Wildman–Crippen MR) is 97.3 cm³/mol. The van der Waals surface area contributed by atoms with Gasteiger partial charge in [-0.2, -0.15) is 0 Å². The number of carbonyl (C=O) groups excluding carboxylic acids is 1. The number of nitrogens with one attached hydrogen (secondary N) is 2. The zero-order valence-electron chi connectivity index (χ0n) is 14.5. The maximum absolute atomic E-state index is 12.5. The third-order valence-corrected chi connectivity index (χ3v) is 5.17. The minimum absolute atomic E-state index is 0. The molecule has 0 radical (unpaired) electrons. The van der Waals surface area contributed by atoms with Crippen LogP contribution in [0.3, 0.4) is 0 Å². The molecule has 1 aromatic heterocycles. The van der Waals surface area contributed by atoms with Crippen LogP contribution in [0.25, 0.3) is 0 Å². The van der Waals surface area contributed by atoms with Crippen molar-refractivity contribution in [1.29, 1.82) is 0 Å². The molecule has 0 spiro atoms. The van der Waals surface area contributed by atoms with Gasteiger partial charge in [-0.1, -0.05) is 6.42 Å². The molecule has 136 valence electrons. The van der Waals surface area contributed by atoms with Crippen LogP contribution in [0, 0.1) is 5.92 Å². The Morgan fingerprint density at radius 3 is 2.88 bits per heavy atom. The second kappa shape index (κ2) is 9.44. The molecule has 2 saturated heterocycles. The maximum atomic E-state index is 12.5. The van der Waals surface area contributed by atoms with Crippen LogP contribution in [0.15, 0.2) is 22.8 Å². The van der Waals surface area contributed by atoms with Crippen molar-refractivity contribution in [2.75, 3.05) is 26.2 Å². The number of amides is 1. The van der Waals surface area contributed by atoms with Crippen molar-refractivity contribution in [1.82, 2.24) is 15.5 Å². The smallest absolute Gasteiger partial charge is 0.223 e. The molecule has 1 unspecified atom stereocenters. The summed E-state index contributed by atoms with van der Waals surface area (Å²) in [5.41, 5.74) is 0. The highest BCUT2D eigenvalue weighted by Gasteiger charge is 2.28. The van der Waals surface area contributed by atoms with Crippen LogP contribution in [0.2, 0.25) is 0 Å². The number of halogens is 1. The SMILES string of the molecule is C[C@H]1C[C@@H](C(=O)NCC(c2ccco2)N2CCCCC2)CCN1.Cl. The molecule has 1 aromatic rings. The first kappa shape index (κ1) is 19.3. The number of nitrogens with zero attached hydrogens (tertiary/aromatic N) is 1. The standard InChI is InChI=1S/C18H29N3O2.ClH/c1-14-12-15(7-8-19-14)18(22)20-13-16(17-6-5-11-23-17)21-9-3-2-4-10-21;/h5-6,11,14-16,19H,2-4,7-10,12-13H2,1H3,(H,20,22);1H/t14-,15-,16?;/m0./s1. The third kappa shape index (κ3) is 4.98. The van der Waals surface area contributed by atoms with Gasteiger partial charge in [0.25, 0.3) is 0 Å². The first-order chi connectivity index (χ1) is 11.2. The fourth-order valence-corrected chi connectivity index (χ4v) is 3.83. The predicted octanol–water partition coefficient (Wildman–Crippen LogP) is 2.73. The van der Waals surface area contributed by atoms with E-state index in [4.69, 9.17) is 4.42 Å². The molecule has 2 aliphatic heterocycles. The summed E-state index contributed by atoms with van der Waals surface area (Å²) in [7, 11) is 0. The molecule has 3 atom stereocenters. The number of piperidine rings is 2. The summed E-state index contributed by atoms with van der Waals surface area (Å²) in [6.07, 6.45) is 7.36. The average Bonchev–Trinajstić information content (AvgIpc) is 3.10. The Kier molecular flexibility index (Phi) is 7.59. The number of rotatable bonds is 5. The molecule has 0 saturated carbocycles. The lowest BCUT2D eigenvalue weighted by atomic mass is 9.92. The van der Waals surface area contributed by atoms with Crippen molar-refractivity contribution >= 4 is 18.3 Å². The van der Waals surface area contributed by atoms with Crippen LogP contribution in [-0.4, -0.2) is 43.0 Å². The van der Waals surface area contributed by atoms with Crippen molar-refractivity contribution in [3.05, 3.63) is 24.2 Å². The Labute approximate surface area is 150 Å². The molecule has 5 nitrogen and oxygen atoms in total. The highest BCUT2D eigenvalue weighted by Crippen LogP contribution is 2.25.